The van der Waals surface area contributed by atoms with Crippen molar-refractivity contribution in [3.63, 3.8) is 0 Å². The van der Waals surface area contributed by atoms with Crippen molar-refractivity contribution in [2.75, 3.05) is 13.1 Å². The first-order chi connectivity index (χ1) is 9.52. The van der Waals surface area contributed by atoms with E-state index in [0.29, 0.717) is 18.2 Å². The molecule has 1 saturated carbocycles. The summed E-state index contributed by atoms with van der Waals surface area (Å²) in [6.07, 6.45) is -0.553. The summed E-state index contributed by atoms with van der Waals surface area (Å²) in [5.74, 6) is 0. The summed E-state index contributed by atoms with van der Waals surface area (Å²) < 4.78 is 37.9. The zero-order valence-electron chi connectivity index (χ0n) is 11.3. The molecule has 20 heavy (non-hydrogen) atoms. The first-order valence-electron chi connectivity index (χ1n) is 7.16. The Labute approximate surface area is 117 Å². The Balaban J connectivity index is 1.53. The Bertz CT molecular complexity index is 468. The summed E-state index contributed by atoms with van der Waals surface area (Å²) in [5.41, 5.74) is 0.132. The van der Waals surface area contributed by atoms with Crippen LogP contribution in [-0.2, 0) is 12.7 Å². The van der Waals surface area contributed by atoms with E-state index in [-0.39, 0.29) is 0 Å². The van der Waals surface area contributed by atoms with Gasteiger partial charge in [-0.25, -0.2) is 0 Å². The highest BCUT2D eigenvalue weighted by atomic mass is 19.4. The van der Waals surface area contributed by atoms with Gasteiger partial charge in [0.2, 0.25) is 0 Å². The fourth-order valence-corrected chi connectivity index (χ4v) is 2.85. The molecule has 1 saturated heterocycles. The van der Waals surface area contributed by atoms with Gasteiger partial charge in [-0.3, -0.25) is 4.90 Å². The lowest BCUT2D eigenvalue weighted by molar-refractivity contribution is -0.137. The number of benzene rings is 1. The molecular formula is C15H19F3N2. The molecule has 2 aliphatic rings. The second-order valence-corrected chi connectivity index (χ2v) is 5.79. The summed E-state index contributed by atoms with van der Waals surface area (Å²) >= 11 is 0. The van der Waals surface area contributed by atoms with Crippen molar-refractivity contribution in [3.8, 4) is 0 Å². The van der Waals surface area contributed by atoms with Gasteiger partial charge in [0, 0.05) is 31.7 Å². The third kappa shape index (κ3) is 3.33. The van der Waals surface area contributed by atoms with Crippen molar-refractivity contribution in [1.82, 2.24) is 10.2 Å². The van der Waals surface area contributed by atoms with Gasteiger partial charge < -0.3 is 5.32 Å². The molecule has 1 aliphatic heterocycles. The van der Waals surface area contributed by atoms with Crippen LogP contribution in [0, 0.1) is 0 Å². The molecule has 1 heterocycles. The van der Waals surface area contributed by atoms with E-state index in [1.54, 1.807) is 6.07 Å². The molecule has 1 aromatic rings. The molecule has 1 atom stereocenters. The average Bonchev–Trinajstić information content (AvgIpc) is 3.15. The standard InChI is InChI=1S/C15H19F3N2/c16-15(17,18)12-3-1-2-11(8-12)9-19-13-6-7-20(10-13)14-4-5-14/h1-3,8,13-14,19H,4-7,9-10H2. The van der Waals surface area contributed by atoms with Crippen molar-refractivity contribution in [3.05, 3.63) is 35.4 Å². The van der Waals surface area contributed by atoms with Gasteiger partial charge in [0.1, 0.15) is 0 Å². The van der Waals surface area contributed by atoms with Crippen molar-refractivity contribution in [2.45, 2.75) is 44.1 Å². The minimum Gasteiger partial charge on any atom is -0.309 e. The second-order valence-electron chi connectivity index (χ2n) is 5.79. The molecule has 1 N–H and O–H groups in total. The molecular weight excluding hydrogens is 265 g/mol. The van der Waals surface area contributed by atoms with E-state index >= 15 is 0 Å². The average molecular weight is 284 g/mol. The maximum atomic E-state index is 12.6. The van der Waals surface area contributed by atoms with E-state index in [1.807, 2.05) is 0 Å². The van der Waals surface area contributed by atoms with E-state index in [9.17, 15) is 13.2 Å². The lowest BCUT2D eigenvalue weighted by Crippen LogP contribution is -2.32. The Morgan fingerprint density at radius 1 is 1.20 bits per heavy atom. The van der Waals surface area contributed by atoms with Gasteiger partial charge in [-0.2, -0.15) is 13.2 Å². The summed E-state index contributed by atoms with van der Waals surface area (Å²) in [6.45, 7) is 2.65. The molecule has 2 fully saturated rings. The van der Waals surface area contributed by atoms with Crippen LogP contribution >= 0.6 is 0 Å². The molecule has 5 heteroatoms. The van der Waals surface area contributed by atoms with Crippen molar-refractivity contribution < 1.29 is 13.2 Å². The maximum Gasteiger partial charge on any atom is 0.416 e. The zero-order valence-corrected chi connectivity index (χ0v) is 11.3. The third-order valence-corrected chi connectivity index (χ3v) is 4.13. The summed E-state index contributed by atoms with van der Waals surface area (Å²) in [7, 11) is 0. The summed E-state index contributed by atoms with van der Waals surface area (Å²) in [6, 6.07) is 6.76. The van der Waals surface area contributed by atoms with Crippen LogP contribution in [0.4, 0.5) is 13.2 Å². The quantitative estimate of drug-likeness (QED) is 0.914. The first-order valence-corrected chi connectivity index (χ1v) is 7.16. The van der Waals surface area contributed by atoms with Crippen LogP contribution in [0.1, 0.15) is 30.4 Å². The first kappa shape index (κ1) is 13.9. The number of likely N-dealkylation sites (tertiary alicyclic amines) is 1. The Morgan fingerprint density at radius 2 is 2.00 bits per heavy atom. The van der Waals surface area contributed by atoms with E-state index in [0.717, 1.165) is 31.6 Å². The molecule has 0 aromatic heterocycles. The maximum absolute atomic E-state index is 12.6. The number of rotatable bonds is 4. The van der Waals surface area contributed by atoms with Gasteiger partial charge in [0.15, 0.2) is 0 Å². The van der Waals surface area contributed by atoms with Crippen LogP contribution in [0.25, 0.3) is 0 Å². The number of hydrogen-bond donors (Lipinski definition) is 1. The molecule has 110 valence electrons. The summed E-state index contributed by atoms with van der Waals surface area (Å²) in [4.78, 5) is 2.49. The predicted molar refractivity (Wildman–Crippen MR) is 71.3 cm³/mol. The molecule has 1 aromatic carbocycles. The topological polar surface area (TPSA) is 15.3 Å². The number of halogens is 3. The number of nitrogens with zero attached hydrogens (tertiary/aromatic N) is 1. The van der Waals surface area contributed by atoms with Gasteiger partial charge in [-0.15, -0.1) is 0 Å². The molecule has 0 spiro atoms. The second kappa shape index (κ2) is 5.37. The molecule has 1 aliphatic carbocycles. The molecule has 2 nitrogen and oxygen atoms in total. The zero-order chi connectivity index (χ0) is 14.2. The normalized spacial score (nSPS) is 24.2. The van der Waals surface area contributed by atoms with Crippen LogP contribution in [0.3, 0.4) is 0 Å². The van der Waals surface area contributed by atoms with E-state index in [4.69, 9.17) is 0 Å². The minimum atomic E-state index is -4.26. The molecule has 0 bridgehead atoms. The molecule has 1 unspecified atom stereocenters. The van der Waals surface area contributed by atoms with Crippen LogP contribution in [0.15, 0.2) is 24.3 Å². The highest BCUT2D eigenvalue weighted by Crippen LogP contribution is 2.31. The van der Waals surface area contributed by atoms with Crippen LogP contribution < -0.4 is 5.32 Å². The predicted octanol–water partition coefficient (Wildman–Crippen LogP) is 3.03. The third-order valence-electron chi connectivity index (χ3n) is 4.13. The monoisotopic (exact) mass is 284 g/mol. The van der Waals surface area contributed by atoms with E-state index in [2.05, 4.69) is 10.2 Å². The lowest BCUT2D eigenvalue weighted by atomic mass is 10.1. The van der Waals surface area contributed by atoms with Crippen molar-refractivity contribution in [2.24, 2.45) is 0 Å². The van der Waals surface area contributed by atoms with E-state index < -0.39 is 11.7 Å². The van der Waals surface area contributed by atoms with Crippen LogP contribution in [0.5, 0.6) is 0 Å². The van der Waals surface area contributed by atoms with Crippen molar-refractivity contribution in [1.29, 1.82) is 0 Å². The highest BCUT2D eigenvalue weighted by molar-refractivity contribution is 5.25. The minimum absolute atomic E-state index is 0.408. The molecule has 3 rings (SSSR count). The lowest BCUT2D eigenvalue weighted by Gasteiger charge is -2.16. The van der Waals surface area contributed by atoms with Crippen LogP contribution in [0.2, 0.25) is 0 Å². The molecule has 0 radical (unpaired) electrons. The van der Waals surface area contributed by atoms with Gasteiger partial charge >= 0.3 is 6.18 Å². The largest absolute Gasteiger partial charge is 0.416 e. The van der Waals surface area contributed by atoms with Gasteiger partial charge in [-0.05, 0) is 30.9 Å². The fraction of sp³-hybridized carbons (Fsp3) is 0.600. The molecule has 0 amide bonds. The van der Waals surface area contributed by atoms with Crippen molar-refractivity contribution >= 4 is 0 Å². The van der Waals surface area contributed by atoms with Gasteiger partial charge in [0.05, 0.1) is 5.56 Å². The smallest absolute Gasteiger partial charge is 0.309 e. The Kier molecular flexibility index (Phi) is 3.73. The number of hydrogen-bond acceptors (Lipinski definition) is 2. The van der Waals surface area contributed by atoms with Crippen LogP contribution in [-0.4, -0.2) is 30.1 Å². The SMILES string of the molecule is FC(F)(F)c1cccc(CNC2CCN(C3CC3)C2)c1. The number of nitrogens with one attached hydrogen (secondary N) is 1. The highest BCUT2D eigenvalue weighted by Gasteiger charge is 2.34. The number of alkyl halides is 3. The Morgan fingerprint density at radius 3 is 2.70 bits per heavy atom. The van der Waals surface area contributed by atoms with Gasteiger partial charge in [0.25, 0.3) is 0 Å². The van der Waals surface area contributed by atoms with E-state index in [1.165, 1.54) is 25.0 Å². The summed E-state index contributed by atoms with van der Waals surface area (Å²) in [5, 5.41) is 3.38. The van der Waals surface area contributed by atoms with Gasteiger partial charge in [-0.1, -0.05) is 18.2 Å². The fourth-order valence-electron chi connectivity index (χ4n) is 2.85. The Hall–Kier alpha value is -1.07.